The molecule has 7 heteroatoms. The lowest BCUT2D eigenvalue weighted by atomic mass is 10.2. The van der Waals surface area contributed by atoms with Gasteiger partial charge in [0.25, 0.3) is 0 Å². The van der Waals surface area contributed by atoms with Crippen LogP contribution in [0, 0.1) is 0 Å². The summed E-state index contributed by atoms with van der Waals surface area (Å²) in [6.45, 7) is 5.89. The second kappa shape index (κ2) is 9.44. The number of imidazole rings is 1. The van der Waals surface area contributed by atoms with Crippen molar-refractivity contribution in [2.45, 2.75) is 33.0 Å². The highest BCUT2D eigenvalue weighted by Gasteiger charge is 2.16. The Kier molecular flexibility index (Phi) is 7.28. The normalized spacial score (nSPS) is 10.9. The van der Waals surface area contributed by atoms with E-state index in [0.29, 0.717) is 37.3 Å². The zero-order chi connectivity index (χ0) is 18.2. The van der Waals surface area contributed by atoms with E-state index in [1.165, 1.54) is 0 Å². The Balaban J connectivity index is 2.02. The summed E-state index contributed by atoms with van der Waals surface area (Å²) in [6.07, 6.45) is 3.66. The van der Waals surface area contributed by atoms with Crippen molar-refractivity contribution in [3.05, 3.63) is 53.1 Å². The molecule has 0 atom stereocenters. The smallest absolute Gasteiger partial charge is 0.318 e. The number of ether oxygens (including phenoxy) is 1. The molecule has 0 bridgehead atoms. The van der Waals surface area contributed by atoms with Gasteiger partial charge in [0.15, 0.2) is 0 Å². The van der Waals surface area contributed by atoms with Crippen LogP contribution in [0.15, 0.2) is 36.7 Å². The highest BCUT2D eigenvalue weighted by molar-refractivity contribution is 6.31. The van der Waals surface area contributed by atoms with Gasteiger partial charge in [0.2, 0.25) is 0 Å². The predicted octanol–water partition coefficient (Wildman–Crippen LogP) is 3.48. The van der Waals surface area contributed by atoms with Crippen LogP contribution in [0.1, 0.15) is 31.3 Å². The zero-order valence-electron chi connectivity index (χ0n) is 14.9. The van der Waals surface area contributed by atoms with E-state index < -0.39 is 0 Å². The molecule has 1 heterocycles. The highest BCUT2D eigenvalue weighted by Crippen LogP contribution is 2.17. The van der Waals surface area contributed by atoms with Gasteiger partial charge < -0.3 is 19.5 Å². The Morgan fingerprint density at radius 3 is 2.84 bits per heavy atom. The Labute approximate surface area is 153 Å². The molecule has 0 radical (unpaired) electrons. The van der Waals surface area contributed by atoms with E-state index in [1.807, 2.05) is 35.0 Å². The van der Waals surface area contributed by atoms with Gasteiger partial charge in [-0.2, -0.15) is 0 Å². The Bertz CT molecular complexity index is 687. The number of nitrogens with one attached hydrogen (secondary N) is 1. The number of amides is 2. The molecule has 0 saturated heterocycles. The SMILES string of the molecule is COCCN(Cc1ccccc1Cl)C(=O)NCc1nccn1C(C)C. The third kappa shape index (κ3) is 5.47. The zero-order valence-corrected chi connectivity index (χ0v) is 15.7. The molecule has 0 spiro atoms. The molecule has 2 aromatic rings. The van der Waals surface area contributed by atoms with E-state index in [-0.39, 0.29) is 6.03 Å². The van der Waals surface area contributed by atoms with Crippen LogP contribution in [0.5, 0.6) is 0 Å². The van der Waals surface area contributed by atoms with Crippen LogP contribution in [0.3, 0.4) is 0 Å². The molecule has 0 saturated carbocycles. The first-order chi connectivity index (χ1) is 12.0. The number of carbonyl (C=O) groups excluding carboxylic acids is 1. The van der Waals surface area contributed by atoms with Crippen LogP contribution in [0.4, 0.5) is 4.79 Å². The maximum atomic E-state index is 12.6. The summed E-state index contributed by atoms with van der Waals surface area (Å²) in [5.41, 5.74) is 0.902. The maximum absolute atomic E-state index is 12.6. The minimum Gasteiger partial charge on any atom is -0.383 e. The van der Waals surface area contributed by atoms with Gasteiger partial charge in [0, 0.05) is 43.7 Å². The number of aromatic nitrogens is 2. The van der Waals surface area contributed by atoms with Crippen molar-refractivity contribution in [2.24, 2.45) is 0 Å². The van der Waals surface area contributed by atoms with Gasteiger partial charge in [-0.1, -0.05) is 29.8 Å². The summed E-state index contributed by atoms with van der Waals surface area (Å²) in [5.74, 6) is 0.827. The molecule has 2 rings (SSSR count). The van der Waals surface area contributed by atoms with Crippen molar-refractivity contribution in [3.63, 3.8) is 0 Å². The lowest BCUT2D eigenvalue weighted by Gasteiger charge is -2.23. The Morgan fingerprint density at radius 2 is 2.16 bits per heavy atom. The molecule has 6 nitrogen and oxygen atoms in total. The van der Waals surface area contributed by atoms with Crippen molar-refractivity contribution in [3.8, 4) is 0 Å². The number of benzene rings is 1. The van der Waals surface area contributed by atoms with Crippen molar-refractivity contribution in [2.75, 3.05) is 20.3 Å². The van der Waals surface area contributed by atoms with Gasteiger partial charge in [0.05, 0.1) is 13.2 Å². The summed E-state index contributed by atoms with van der Waals surface area (Å²) in [5, 5.41) is 3.58. The fourth-order valence-electron chi connectivity index (χ4n) is 2.50. The van der Waals surface area contributed by atoms with E-state index in [0.717, 1.165) is 11.4 Å². The second-order valence-corrected chi connectivity index (χ2v) is 6.42. The predicted molar refractivity (Wildman–Crippen MR) is 98.6 cm³/mol. The molecule has 136 valence electrons. The number of hydrogen-bond acceptors (Lipinski definition) is 3. The van der Waals surface area contributed by atoms with Gasteiger partial charge in [0.1, 0.15) is 5.82 Å². The minimum atomic E-state index is -0.171. The van der Waals surface area contributed by atoms with E-state index in [4.69, 9.17) is 16.3 Å². The molecule has 0 fully saturated rings. The summed E-state index contributed by atoms with van der Waals surface area (Å²) in [7, 11) is 1.62. The van der Waals surface area contributed by atoms with Crippen molar-refractivity contribution in [1.29, 1.82) is 0 Å². The number of methoxy groups -OCH3 is 1. The Hall–Kier alpha value is -2.05. The van der Waals surface area contributed by atoms with Crippen LogP contribution in [-0.2, 0) is 17.8 Å². The van der Waals surface area contributed by atoms with Crippen molar-refractivity contribution < 1.29 is 9.53 Å². The lowest BCUT2D eigenvalue weighted by Crippen LogP contribution is -2.41. The highest BCUT2D eigenvalue weighted by atomic mass is 35.5. The molecule has 0 aliphatic rings. The fourth-order valence-corrected chi connectivity index (χ4v) is 2.70. The minimum absolute atomic E-state index is 0.171. The van der Waals surface area contributed by atoms with Crippen molar-refractivity contribution in [1.82, 2.24) is 19.8 Å². The lowest BCUT2D eigenvalue weighted by molar-refractivity contribution is 0.146. The van der Waals surface area contributed by atoms with E-state index in [2.05, 4.69) is 24.1 Å². The average molecular weight is 365 g/mol. The Morgan fingerprint density at radius 1 is 1.40 bits per heavy atom. The first kappa shape index (κ1) is 19.3. The number of hydrogen-bond donors (Lipinski definition) is 1. The molecule has 1 aromatic heterocycles. The monoisotopic (exact) mass is 364 g/mol. The van der Waals surface area contributed by atoms with Crippen LogP contribution in [0.25, 0.3) is 0 Å². The molecule has 0 unspecified atom stereocenters. The molecule has 0 aliphatic heterocycles. The summed E-state index contributed by atoms with van der Waals surface area (Å²) in [4.78, 5) is 18.6. The van der Waals surface area contributed by atoms with E-state index in [9.17, 15) is 4.79 Å². The number of nitrogens with zero attached hydrogens (tertiary/aromatic N) is 3. The standard InChI is InChI=1S/C18H25ClN4O2/c1-14(2)23-9-8-20-17(23)12-21-18(24)22(10-11-25-3)13-15-6-4-5-7-16(15)19/h4-9,14H,10-13H2,1-3H3,(H,21,24). The van der Waals surface area contributed by atoms with E-state index in [1.54, 1.807) is 18.2 Å². The number of rotatable bonds is 8. The summed E-state index contributed by atoms with van der Waals surface area (Å²) < 4.78 is 7.16. The third-order valence-electron chi connectivity index (χ3n) is 3.87. The number of urea groups is 1. The van der Waals surface area contributed by atoms with Gasteiger partial charge >= 0.3 is 6.03 Å². The molecular formula is C18H25ClN4O2. The first-order valence-electron chi connectivity index (χ1n) is 8.29. The van der Waals surface area contributed by atoms with Crippen LogP contribution in [-0.4, -0.2) is 40.7 Å². The average Bonchev–Trinajstić information content (AvgIpc) is 3.07. The van der Waals surface area contributed by atoms with Crippen LogP contribution in [0.2, 0.25) is 5.02 Å². The molecule has 2 amide bonds. The van der Waals surface area contributed by atoms with Crippen LogP contribution >= 0.6 is 11.6 Å². The van der Waals surface area contributed by atoms with Gasteiger partial charge in [-0.3, -0.25) is 0 Å². The third-order valence-corrected chi connectivity index (χ3v) is 4.24. The molecule has 1 aromatic carbocycles. The largest absolute Gasteiger partial charge is 0.383 e. The van der Waals surface area contributed by atoms with E-state index >= 15 is 0 Å². The molecule has 25 heavy (non-hydrogen) atoms. The van der Waals surface area contributed by atoms with Crippen LogP contribution < -0.4 is 5.32 Å². The fraction of sp³-hybridized carbons (Fsp3) is 0.444. The number of carbonyl (C=O) groups is 1. The van der Waals surface area contributed by atoms with Crippen molar-refractivity contribution >= 4 is 17.6 Å². The molecule has 0 aliphatic carbocycles. The summed E-state index contributed by atoms with van der Waals surface area (Å²) in [6, 6.07) is 7.64. The second-order valence-electron chi connectivity index (χ2n) is 6.01. The van der Waals surface area contributed by atoms with Gasteiger partial charge in [-0.15, -0.1) is 0 Å². The number of halogens is 1. The first-order valence-corrected chi connectivity index (χ1v) is 8.67. The summed E-state index contributed by atoms with van der Waals surface area (Å²) >= 11 is 6.22. The van der Waals surface area contributed by atoms with Gasteiger partial charge in [-0.05, 0) is 25.5 Å². The molecule has 1 N–H and O–H groups in total. The topological polar surface area (TPSA) is 59.4 Å². The quantitative estimate of drug-likeness (QED) is 0.780. The molecular weight excluding hydrogens is 340 g/mol. The van der Waals surface area contributed by atoms with Gasteiger partial charge in [-0.25, -0.2) is 9.78 Å². The maximum Gasteiger partial charge on any atom is 0.318 e.